The van der Waals surface area contributed by atoms with Crippen LogP contribution in [0.5, 0.6) is 17.2 Å². The Morgan fingerprint density at radius 2 is 1.64 bits per heavy atom. The first-order valence-electron chi connectivity index (χ1n) is 10.8. The van der Waals surface area contributed by atoms with E-state index >= 15 is 0 Å². The van der Waals surface area contributed by atoms with Crippen molar-refractivity contribution in [3.8, 4) is 17.2 Å². The second-order valence-corrected chi connectivity index (χ2v) is 7.57. The van der Waals surface area contributed by atoms with Gasteiger partial charge in [0.05, 0.1) is 38.4 Å². The standard InChI is InChI=1S/C25H28N6O5/c1-7-23(32)27-16-13-17(20(35-5)14-18(16)31(2)3)28-25-26-11-10-22(30-25)29-24(33)15-8-9-19(34-4)21(12-15)36-6/h7-14H,1H2,2-6H3,(H,27,32)(H2,26,28,29,30,33). The van der Waals surface area contributed by atoms with Crippen LogP contribution in [0.2, 0.25) is 0 Å². The third kappa shape index (κ3) is 6.00. The Bertz CT molecular complexity index is 1280. The number of benzene rings is 2. The molecule has 36 heavy (non-hydrogen) atoms. The molecule has 0 spiro atoms. The second kappa shape index (κ2) is 11.6. The van der Waals surface area contributed by atoms with Gasteiger partial charge in [-0.15, -0.1) is 0 Å². The average Bonchev–Trinajstić information content (AvgIpc) is 2.88. The molecule has 0 unspecified atom stereocenters. The van der Waals surface area contributed by atoms with E-state index in [1.165, 1.54) is 33.6 Å². The number of ether oxygens (including phenoxy) is 3. The Kier molecular flexibility index (Phi) is 8.29. The van der Waals surface area contributed by atoms with Gasteiger partial charge in [0.25, 0.3) is 5.91 Å². The maximum Gasteiger partial charge on any atom is 0.256 e. The van der Waals surface area contributed by atoms with Crippen molar-refractivity contribution in [1.82, 2.24) is 9.97 Å². The van der Waals surface area contributed by atoms with E-state index < -0.39 is 0 Å². The van der Waals surface area contributed by atoms with Crippen molar-refractivity contribution in [1.29, 1.82) is 0 Å². The highest BCUT2D eigenvalue weighted by atomic mass is 16.5. The van der Waals surface area contributed by atoms with Crippen LogP contribution in [0.25, 0.3) is 0 Å². The van der Waals surface area contributed by atoms with Crippen LogP contribution < -0.4 is 35.1 Å². The van der Waals surface area contributed by atoms with Gasteiger partial charge in [-0.3, -0.25) is 9.59 Å². The fourth-order valence-corrected chi connectivity index (χ4v) is 3.26. The summed E-state index contributed by atoms with van der Waals surface area (Å²) in [5.74, 6) is 1.18. The molecule has 188 valence electrons. The topological polar surface area (TPSA) is 127 Å². The number of rotatable bonds is 10. The number of carbonyl (C=O) groups is 2. The Morgan fingerprint density at radius 3 is 2.28 bits per heavy atom. The minimum atomic E-state index is -0.386. The van der Waals surface area contributed by atoms with E-state index in [4.69, 9.17) is 14.2 Å². The fourth-order valence-electron chi connectivity index (χ4n) is 3.26. The van der Waals surface area contributed by atoms with Gasteiger partial charge < -0.3 is 35.1 Å². The summed E-state index contributed by atoms with van der Waals surface area (Å²) in [4.78, 5) is 35.1. The number of carbonyl (C=O) groups excluding carboxylic acids is 2. The van der Waals surface area contributed by atoms with Crippen LogP contribution in [0, 0.1) is 0 Å². The van der Waals surface area contributed by atoms with Crippen molar-refractivity contribution in [2.45, 2.75) is 0 Å². The van der Waals surface area contributed by atoms with Gasteiger partial charge in [-0.2, -0.15) is 4.98 Å². The molecule has 3 N–H and O–H groups in total. The molecule has 2 amide bonds. The van der Waals surface area contributed by atoms with Crippen molar-refractivity contribution in [3.05, 3.63) is 60.8 Å². The first kappa shape index (κ1) is 25.8. The van der Waals surface area contributed by atoms with Crippen LogP contribution in [-0.2, 0) is 4.79 Å². The summed E-state index contributed by atoms with van der Waals surface area (Å²) in [7, 11) is 8.24. The largest absolute Gasteiger partial charge is 0.494 e. The lowest BCUT2D eigenvalue weighted by atomic mass is 10.2. The summed E-state index contributed by atoms with van der Waals surface area (Å²) in [6.45, 7) is 3.49. The van der Waals surface area contributed by atoms with Gasteiger partial charge in [-0.05, 0) is 36.4 Å². The summed E-state index contributed by atoms with van der Waals surface area (Å²) < 4.78 is 16.0. The predicted octanol–water partition coefficient (Wildman–Crippen LogP) is 3.69. The number of hydrogen-bond acceptors (Lipinski definition) is 9. The summed E-state index contributed by atoms with van der Waals surface area (Å²) >= 11 is 0. The van der Waals surface area contributed by atoms with E-state index in [1.807, 2.05) is 19.0 Å². The maximum absolute atomic E-state index is 12.8. The zero-order valence-electron chi connectivity index (χ0n) is 20.7. The molecule has 11 nitrogen and oxygen atoms in total. The number of aromatic nitrogens is 2. The van der Waals surface area contributed by atoms with Crippen molar-refractivity contribution in [2.75, 3.05) is 56.3 Å². The lowest BCUT2D eigenvalue weighted by molar-refractivity contribution is -0.111. The molecule has 0 atom stereocenters. The lowest BCUT2D eigenvalue weighted by Gasteiger charge is -2.21. The molecule has 0 bridgehead atoms. The SMILES string of the molecule is C=CC(=O)Nc1cc(Nc2nccc(NC(=O)c3ccc(OC)c(OC)c3)n2)c(OC)cc1N(C)C. The monoisotopic (exact) mass is 492 g/mol. The number of nitrogens with zero attached hydrogens (tertiary/aromatic N) is 3. The van der Waals surface area contributed by atoms with Crippen LogP contribution in [0.15, 0.2) is 55.3 Å². The predicted molar refractivity (Wildman–Crippen MR) is 139 cm³/mol. The van der Waals surface area contributed by atoms with Crippen LogP contribution >= 0.6 is 0 Å². The molecule has 2 aromatic carbocycles. The quantitative estimate of drug-likeness (QED) is 0.363. The third-order valence-corrected chi connectivity index (χ3v) is 5.03. The van der Waals surface area contributed by atoms with E-state index in [-0.39, 0.29) is 23.6 Å². The normalized spacial score (nSPS) is 10.1. The number of amides is 2. The van der Waals surface area contributed by atoms with Crippen molar-refractivity contribution in [2.24, 2.45) is 0 Å². The molecule has 0 aliphatic carbocycles. The van der Waals surface area contributed by atoms with E-state index in [0.717, 1.165) is 5.69 Å². The average molecular weight is 493 g/mol. The molecule has 0 aliphatic heterocycles. The lowest BCUT2D eigenvalue weighted by Crippen LogP contribution is -2.16. The van der Waals surface area contributed by atoms with E-state index in [1.54, 1.807) is 36.4 Å². The van der Waals surface area contributed by atoms with Crippen LogP contribution in [-0.4, -0.2) is 57.2 Å². The number of nitrogens with one attached hydrogen (secondary N) is 3. The number of methoxy groups -OCH3 is 3. The molecule has 1 heterocycles. The molecule has 3 rings (SSSR count). The minimum absolute atomic E-state index is 0.206. The van der Waals surface area contributed by atoms with Gasteiger partial charge >= 0.3 is 0 Å². The smallest absolute Gasteiger partial charge is 0.256 e. The molecule has 0 fully saturated rings. The first-order valence-corrected chi connectivity index (χ1v) is 10.8. The minimum Gasteiger partial charge on any atom is -0.494 e. The third-order valence-electron chi connectivity index (χ3n) is 5.03. The first-order chi connectivity index (χ1) is 17.3. The van der Waals surface area contributed by atoms with E-state index in [9.17, 15) is 9.59 Å². The van der Waals surface area contributed by atoms with Gasteiger partial charge in [0, 0.05) is 31.9 Å². The number of anilines is 5. The summed E-state index contributed by atoms with van der Waals surface area (Å²) in [5, 5.41) is 8.60. The van der Waals surface area contributed by atoms with Crippen molar-refractivity contribution >= 4 is 40.6 Å². The van der Waals surface area contributed by atoms with Crippen LogP contribution in [0.3, 0.4) is 0 Å². The highest BCUT2D eigenvalue weighted by Gasteiger charge is 2.16. The van der Waals surface area contributed by atoms with Gasteiger partial charge in [-0.25, -0.2) is 4.98 Å². The van der Waals surface area contributed by atoms with Crippen molar-refractivity contribution < 1.29 is 23.8 Å². The molecule has 11 heteroatoms. The Balaban J connectivity index is 1.86. The molecular formula is C25H28N6O5. The van der Waals surface area contributed by atoms with Gasteiger partial charge in [0.1, 0.15) is 11.6 Å². The molecule has 0 saturated heterocycles. The summed E-state index contributed by atoms with van der Waals surface area (Å²) in [6, 6.07) is 9.87. The Labute approximate surface area is 209 Å². The molecule has 0 aliphatic rings. The second-order valence-electron chi connectivity index (χ2n) is 7.57. The molecular weight excluding hydrogens is 464 g/mol. The Hall–Kier alpha value is -4.80. The van der Waals surface area contributed by atoms with E-state index in [0.29, 0.717) is 34.2 Å². The highest BCUT2D eigenvalue weighted by molar-refractivity contribution is 6.04. The highest BCUT2D eigenvalue weighted by Crippen LogP contribution is 2.37. The molecule has 0 saturated carbocycles. The van der Waals surface area contributed by atoms with Gasteiger partial charge in [-0.1, -0.05) is 6.58 Å². The zero-order chi connectivity index (χ0) is 26.2. The molecule has 0 radical (unpaired) electrons. The molecule has 3 aromatic rings. The summed E-state index contributed by atoms with van der Waals surface area (Å²) in [6.07, 6.45) is 2.69. The maximum atomic E-state index is 12.8. The zero-order valence-corrected chi connectivity index (χ0v) is 20.7. The van der Waals surface area contributed by atoms with Gasteiger partial charge in [0.15, 0.2) is 11.5 Å². The fraction of sp³-hybridized carbons (Fsp3) is 0.200. The van der Waals surface area contributed by atoms with Crippen LogP contribution in [0.4, 0.5) is 28.8 Å². The van der Waals surface area contributed by atoms with E-state index in [2.05, 4.69) is 32.5 Å². The van der Waals surface area contributed by atoms with Crippen molar-refractivity contribution in [3.63, 3.8) is 0 Å². The van der Waals surface area contributed by atoms with Gasteiger partial charge in [0.2, 0.25) is 11.9 Å². The summed E-state index contributed by atoms with van der Waals surface area (Å²) in [5.41, 5.74) is 2.13. The molecule has 1 aromatic heterocycles. The van der Waals surface area contributed by atoms with Crippen LogP contribution in [0.1, 0.15) is 10.4 Å². The number of hydrogen-bond donors (Lipinski definition) is 3. The Morgan fingerprint density at radius 1 is 0.917 bits per heavy atom.